The molecule has 1 saturated heterocycles. The Morgan fingerprint density at radius 2 is 1.74 bits per heavy atom. The molecule has 3 rings (SSSR count). The minimum absolute atomic E-state index is 0.0876. The lowest BCUT2D eigenvalue weighted by molar-refractivity contribution is 0.0679. The maximum atomic E-state index is 13.8. The first kappa shape index (κ1) is 22.3. The third-order valence-corrected chi connectivity index (χ3v) is 5.14. The lowest BCUT2D eigenvalue weighted by Crippen LogP contribution is -2.41. The van der Waals surface area contributed by atoms with Crippen LogP contribution in [0.15, 0.2) is 48.5 Å². The van der Waals surface area contributed by atoms with Crippen LogP contribution in [0, 0.1) is 11.7 Å². The SMILES string of the molecule is CCOC(=O)Oc1ccc(C(=O)NCC2CCN(C(=O)c3ccccc3F)CC2)cc1. The number of ether oxygens (including phenoxy) is 2. The molecule has 0 aromatic heterocycles. The molecule has 1 fully saturated rings. The van der Waals surface area contributed by atoms with Crippen LogP contribution in [-0.4, -0.2) is 49.1 Å². The van der Waals surface area contributed by atoms with Crippen molar-refractivity contribution in [3.8, 4) is 5.75 Å². The van der Waals surface area contributed by atoms with Gasteiger partial charge in [0, 0.05) is 25.2 Å². The van der Waals surface area contributed by atoms with E-state index >= 15 is 0 Å². The summed E-state index contributed by atoms with van der Waals surface area (Å²) in [6, 6.07) is 12.2. The highest BCUT2D eigenvalue weighted by Crippen LogP contribution is 2.20. The van der Waals surface area contributed by atoms with E-state index in [0.29, 0.717) is 30.9 Å². The van der Waals surface area contributed by atoms with Gasteiger partial charge in [0.05, 0.1) is 12.2 Å². The number of nitrogens with one attached hydrogen (secondary N) is 1. The highest BCUT2D eigenvalue weighted by molar-refractivity contribution is 5.95. The Bertz CT molecular complexity index is 924. The summed E-state index contributed by atoms with van der Waals surface area (Å²) in [4.78, 5) is 37.8. The number of nitrogens with zero attached hydrogens (tertiary/aromatic N) is 1. The average Bonchev–Trinajstić information content (AvgIpc) is 2.78. The first-order valence-corrected chi connectivity index (χ1v) is 10.2. The van der Waals surface area contributed by atoms with Gasteiger partial charge in [-0.15, -0.1) is 0 Å². The van der Waals surface area contributed by atoms with Crippen molar-refractivity contribution in [2.24, 2.45) is 5.92 Å². The van der Waals surface area contributed by atoms with Crippen LogP contribution in [0.2, 0.25) is 0 Å². The molecule has 0 aliphatic carbocycles. The lowest BCUT2D eigenvalue weighted by atomic mass is 9.96. The number of benzene rings is 2. The Morgan fingerprint density at radius 1 is 1.06 bits per heavy atom. The Hall–Kier alpha value is -3.42. The number of amides is 2. The zero-order valence-electron chi connectivity index (χ0n) is 17.3. The molecule has 0 unspecified atom stereocenters. The summed E-state index contributed by atoms with van der Waals surface area (Å²) < 4.78 is 23.5. The number of hydrogen-bond donors (Lipinski definition) is 1. The lowest BCUT2D eigenvalue weighted by Gasteiger charge is -2.32. The van der Waals surface area contributed by atoms with Gasteiger partial charge >= 0.3 is 6.16 Å². The minimum atomic E-state index is -0.792. The highest BCUT2D eigenvalue weighted by Gasteiger charge is 2.25. The second-order valence-corrected chi connectivity index (χ2v) is 7.23. The van der Waals surface area contributed by atoms with Gasteiger partial charge in [0.25, 0.3) is 11.8 Å². The van der Waals surface area contributed by atoms with Gasteiger partial charge in [-0.2, -0.15) is 0 Å². The van der Waals surface area contributed by atoms with E-state index in [2.05, 4.69) is 5.32 Å². The molecule has 0 radical (unpaired) electrons. The number of likely N-dealkylation sites (tertiary alicyclic amines) is 1. The molecule has 0 bridgehead atoms. The standard InChI is InChI=1S/C23H25FN2O5/c1-2-30-23(29)31-18-9-7-17(8-10-18)21(27)25-15-16-11-13-26(14-12-16)22(28)19-5-3-4-6-20(19)24/h3-10,16H,2,11-15H2,1H3,(H,25,27). The molecule has 7 nitrogen and oxygen atoms in total. The second-order valence-electron chi connectivity index (χ2n) is 7.23. The van der Waals surface area contributed by atoms with E-state index in [1.165, 1.54) is 24.3 Å². The molecule has 1 N–H and O–H groups in total. The van der Waals surface area contributed by atoms with E-state index in [0.717, 1.165) is 12.8 Å². The van der Waals surface area contributed by atoms with Crippen molar-refractivity contribution < 1.29 is 28.2 Å². The highest BCUT2D eigenvalue weighted by atomic mass is 19.1. The number of piperidine rings is 1. The van der Waals surface area contributed by atoms with Gasteiger partial charge in [-0.1, -0.05) is 12.1 Å². The monoisotopic (exact) mass is 428 g/mol. The molecule has 1 aliphatic rings. The van der Waals surface area contributed by atoms with Gasteiger partial charge in [0.15, 0.2) is 0 Å². The molecule has 1 heterocycles. The van der Waals surface area contributed by atoms with Crippen molar-refractivity contribution in [3.63, 3.8) is 0 Å². The molecular formula is C23H25FN2O5. The number of hydrogen-bond acceptors (Lipinski definition) is 5. The van der Waals surface area contributed by atoms with E-state index < -0.39 is 12.0 Å². The molecule has 2 aromatic rings. The van der Waals surface area contributed by atoms with E-state index in [9.17, 15) is 18.8 Å². The Morgan fingerprint density at radius 3 is 2.39 bits per heavy atom. The van der Waals surface area contributed by atoms with Crippen molar-refractivity contribution in [1.82, 2.24) is 10.2 Å². The van der Waals surface area contributed by atoms with Gasteiger partial charge in [-0.25, -0.2) is 9.18 Å². The number of rotatable bonds is 6. The predicted octanol–water partition coefficient (Wildman–Crippen LogP) is 3.64. The molecule has 31 heavy (non-hydrogen) atoms. The summed E-state index contributed by atoms with van der Waals surface area (Å²) in [5, 5.41) is 2.90. The van der Waals surface area contributed by atoms with Crippen LogP contribution >= 0.6 is 0 Å². The van der Waals surface area contributed by atoms with Crippen molar-refractivity contribution in [2.45, 2.75) is 19.8 Å². The normalized spacial score (nSPS) is 14.1. The van der Waals surface area contributed by atoms with Crippen LogP contribution in [0.5, 0.6) is 5.75 Å². The van der Waals surface area contributed by atoms with Crippen LogP contribution in [0.3, 0.4) is 0 Å². The molecule has 2 amide bonds. The number of carbonyl (C=O) groups is 3. The summed E-state index contributed by atoms with van der Waals surface area (Å²) in [7, 11) is 0. The van der Waals surface area contributed by atoms with Gasteiger partial charge < -0.3 is 19.7 Å². The van der Waals surface area contributed by atoms with Crippen LogP contribution in [-0.2, 0) is 4.74 Å². The van der Waals surface area contributed by atoms with Gasteiger partial charge in [-0.3, -0.25) is 9.59 Å². The van der Waals surface area contributed by atoms with E-state index in [1.54, 1.807) is 36.1 Å². The Kier molecular flexibility index (Phi) is 7.59. The fraction of sp³-hybridized carbons (Fsp3) is 0.348. The molecule has 164 valence electrons. The van der Waals surface area contributed by atoms with E-state index in [-0.39, 0.29) is 29.9 Å². The van der Waals surface area contributed by atoms with E-state index in [1.807, 2.05) is 0 Å². The largest absolute Gasteiger partial charge is 0.513 e. The summed E-state index contributed by atoms with van der Waals surface area (Å²) in [6.45, 7) is 3.43. The fourth-order valence-corrected chi connectivity index (χ4v) is 3.40. The molecule has 1 aliphatic heterocycles. The molecule has 0 saturated carbocycles. The fourth-order valence-electron chi connectivity index (χ4n) is 3.40. The molecule has 0 spiro atoms. The number of halogens is 1. The summed E-state index contributed by atoms with van der Waals surface area (Å²) in [6.07, 6.45) is 0.666. The van der Waals surface area contributed by atoms with Crippen LogP contribution in [0.1, 0.15) is 40.5 Å². The third kappa shape index (κ3) is 6.04. The Balaban J connectivity index is 1.44. The van der Waals surface area contributed by atoms with Crippen molar-refractivity contribution in [2.75, 3.05) is 26.2 Å². The van der Waals surface area contributed by atoms with Gasteiger partial charge in [-0.05, 0) is 62.1 Å². The van der Waals surface area contributed by atoms with Crippen molar-refractivity contribution in [3.05, 3.63) is 65.5 Å². The van der Waals surface area contributed by atoms with Crippen molar-refractivity contribution >= 4 is 18.0 Å². The topological polar surface area (TPSA) is 84.9 Å². The van der Waals surface area contributed by atoms with Gasteiger partial charge in [0.2, 0.25) is 0 Å². The first-order valence-electron chi connectivity index (χ1n) is 10.2. The molecule has 0 atom stereocenters. The van der Waals surface area contributed by atoms with Crippen LogP contribution in [0.4, 0.5) is 9.18 Å². The smallest absolute Gasteiger partial charge is 0.434 e. The second kappa shape index (κ2) is 10.6. The molecular weight excluding hydrogens is 403 g/mol. The zero-order chi connectivity index (χ0) is 22.2. The van der Waals surface area contributed by atoms with Crippen LogP contribution < -0.4 is 10.1 Å². The quantitative estimate of drug-likeness (QED) is 0.561. The van der Waals surface area contributed by atoms with Crippen molar-refractivity contribution in [1.29, 1.82) is 0 Å². The zero-order valence-corrected chi connectivity index (χ0v) is 17.3. The maximum Gasteiger partial charge on any atom is 0.513 e. The van der Waals surface area contributed by atoms with Crippen LogP contribution in [0.25, 0.3) is 0 Å². The third-order valence-electron chi connectivity index (χ3n) is 5.14. The maximum absolute atomic E-state index is 13.8. The van der Waals surface area contributed by atoms with E-state index in [4.69, 9.17) is 9.47 Å². The predicted molar refractivity (Wildman–Crippen MR) is 111 cm³/mol. The first-order chi connectivity index (χ1) is 15.0. The van der Waals surface area contributed by atoms with Gasteiger partial charge in [0.1, 0.15) is 11.6 Å². The molecule has 2 aromatic carbocycles. The summed E-state index contributed by atoms with van der Waals surface area (Å²) >= 11 is 0. The summed E-state index contributed by atoms with van der Waals surface area (Å²) in [5.41, 5.74) is 0.535. The average molecular weight is 428 g/mol. The number of carbonyl (C=O) groups excluding carboxylic acids is 3. The minimum Gasteiger partial charge on any atom is -0.434 e. The molecule has 8 heteroatoms. The Labute approximate surface area is 180 Å². The summed E-state index contributed by atoms with van der Waals surface area (Å²) in [5.74, 6) is -0.513.